The number of hydrogen-bond donors (Lipinski definition) is 3. The molecule has 1 rings (SSSR count). The van der Waals surface area contributed by atoms with Gasteiger partial charge >= 0.3 is 0 Å². The van der Waals surface area contributed by atoms with Gasteiger partial charge in [0.1, 0.15) is 11.4 Å². The Kier molecular flexibility index (Phi) is 7.89. The summed E-state index contributed by atoms with van der Waals surface area (Å²) in [5, 5.41) is 8.39. The van der Waals surface area contributed by atoms with E-state index in [1.807, 2.05) is 0 Å². The summed E-state index contributed by atoms with van der Waals surface area (Å²) >= 11 is 0. The quantitative estimate of drug-likeness (QED) is 0.558. The Morgan fingerprint density at radius 2 is 1.00 bits per heavy atom. The Bertz CT molecular complexity index is 929. The monoisotopic (exact) mass is 447 g/mol. The van der Waals surface area contributed by atoms with Crippen molar-refractivity contribution in [1.29, 1.82) is 0 Å². The van der Waals surface area contributed by atoms with Crippen LogP contribution in [-0.4, -0.2) is 30.6 Å². The van der Waals surface area contributed by atoms with E-state index >= 15 is 0 Å². The van der Waals surface area contributed by atoms with Gasteiger partial charge in [-0.3, -0.25) is 19.2 Å². The number of carbonyl (C=O) groups is 4. The molecule has 0 heterocycles. The first-order valence-corrected chi connectivity index (χ1v) is 10.5. The normalized spacial score (nSPS) is 12.1. The van der Waals surface area contributed by atoms with Crippen LogP contribution in [0.1, 0.15) is 79.6 Å². The van der Waals surface area contributed by atoms with Gasteiger partial charge in [0.05, 0.1) is 18.5 Å². The van der Waals surface area contributed by atoms with E-state index in [1.54, 1.807) is 62.3 Å². The smallest absolute Gasteiger partial charge is 0.229 e. The zero-order valence-corrected chi connectivity index (χ0v) is 21.1. The lowest BCUT2D eigenvalue weighted by Crippen LogP contribution is -2.33. The van der Waals surface area contributed by atoms with Crippen LogP contribution in [0.2, 0.25) is 0 Å². The third kappa shape index (κ3) is 6.55. The number of anilines is 3. The molecule has 32 heavy (non-hydrogen) atoms. The van der Waals surface area contributed by atoms with E-state index in [9.17, 15) is 19.2 Å². The lowest BCUT2D eigenvalue weighted by Gasteiger charge is -2.27. The van der Waals surface area contributed by atoms with Crippen molar-refractivity contribution < 1.29 is 23.9 Å². The van der Waals surface area contributed by atoms with Gasteiger partial charge in [-0.15, -0.1) is 0 Å². The number of ether oxygens (including phenoxy) is 1. The van der Waals surface area contributed by atoms with Crippen molar-refractivity contribution in [2.45, 2.75) is 69.2 Å². The van der Waals surface area contributed by atoms with E-state index in [0.717, 1.165) is 0 Å². The first-order valence-electron chi connectivity index (χ1n) is 10.5. The van der Waals surface area contributed by atoms with Gasteiger partial charge in [0.2, 0.25) is 17.7 Å². The molecule has 0 saturated heterocycles. The highest BCUT2D eigenvalue weighted by Crippen LogP contribution is 2.44. The third-order valence-corrected chi connectivity index (χ3v) is 4.65. The van der Waals surface area contributed by atoms with Crippen LogP contribution in [0.15, 0.2) is 6.07 Å². The third-order valence-electron chi connectivity index (χ3n) is 4.65. The predicted molar refractivity (Wildman–Crippen MR) is 127 cm³/mol. The molecule has 8 nitrogen and oxygen atoms in total. The number of rotatable bonds is 5. The first kappa shape index (κ1) is 27.1. The van der Waals surface area contributed by atoms with E-state index in [4.69, 9.17) is 4.74 Å². The SMILES string of the molecule is COc1cc(C(C)=O)c(NC(=O)C(C)(C)C)c(NC(=O)C(C)(C)C)c1NC(=O)C(C)(C)C. The summed E-state index contributed by atoms with van der Waals surface area (Å²) in [4.78, 5) is 51.1. The molecule has 0 aliphatic heterocycles. The summed E-state index contributed by atoms with van der Waals surface area (Å²) in [5.74, 6) is -1.20. The molecule has 3 amide bonds. The molecule has 0 atom stereocenters. The average molecular weight is 448 g/mol. The fourth-order valence-electron chi connectivity index (χ4n) is 2.38. The Morgan fingerprint density at radius 1 is 0.656 bits per heavy atom. The van der Waals surface area contributed by atoms with E-state index in [1.165, 1.54) is 20.1 Å². The average Bonchev–Trinajstić information content (AvgIpc) is 2.61. The van der Waals surface area contributed by atoms with Gasteiger partial charge < -0.3 is 20.7 Å². The number of methoxy groups -OCH3 is 1. The van der Waals surface area contributed by atoms with Crippen molar-refractivity contribution in [1.82, 2.24) is 0 Å². The second-order valence-corrected chi connectivity index (χ2v) is 10.9. The second kappa shape index (κ2) is 9.30. The van der Waals surface area contributed by atoms with Gasteiger partial charge in [-0.05, 0) is 13.0 Å². The molecule has 0 aliphatic carbocycles. The molecule has 0 spiro atoms. The number of benzene rings is 1. The highest BCUT2D eigenvalue weighted by Gasteiger charge is 2.32. The maximum atomic E-state index is 12.9. The lowest BCUT2D eigenvalue weighted by molar-refractivity contribution is -0.124. The molecule has 1 aromatic rings. The highest BCUT2D eigenvalue weighted by molar-refractivity contribution is 6.15. The molecule has 178 valence electrons. The molecular formula is C24H37N3O5. The first-order chi connectivity index (χ1) is 14.3. The molecule has 3 N–H and O–H groups in total. The Morgan fingerprint density at radius 3 is 1.31 bits per heavy atom. The van der Waals surface area contributed by atoms with Crippen molar-refractivity contribution >= 4 is 40.6 Å². The van der Waals surface area contributed by atoms with Crippen molar-refractivity contribution in [3.8, 4) is 5.75 Å². The van der Waals surface area contributed by atoms with Gasteiger partial charge in [-0.25, -0.2) is 0 Å². The molecule has 8 heteroatoms. The maximum Gasteiger partial charge on any atom is 0.229 e. The van der Waals surface area contributed by atoms with Crippen LogP contribution in [0.3, 0.4) is 0 Å². The molecule has 1 aromatic carbocycles. The van der Waals surface area contributed by atoms with Crippen LogP contribution in [0.25, 0.3) is 0 Å². The lowest BCUT2D eigenvalue weighted by atomic mass is 9.93. The standard InChI is InChI=1S/C24H37N3O5/c1-13(28)14-12-15(32-11)17(26-20(30)23(5,6)7)18(27-21(31)24(8,9)10)16(14)25-19(29)22(2,3)4/h12H,1-11H3,(H,25,29)(H,26,30)(H,27,31). The fraction of sp³-hybridized carbons (Fsp3) is 0.583. The highest BCUT2D eigenvalue weighted by atomic mass is 16.5. The minimum Gasteiger partial charge on any atom is -0.494 e. The molecule has 0 aromatic heterocycles. The molecular weight excluding hydrogens is 410 g/mol. The van der Waals surface area contributed by atoms with Crippen LogP contribution in [0, 0.1) is 16.2 Å². The van der Waals surface area contributed by atoms with Crippen LogP contribution in [0.5, 0.6) is 5.75 Å². The van der Waals surface area contributed by atoms with Crippen molar-refractivity contribution in [3.05, 3.63) is 11.6 Å². The van der Waals surface area contributed by atoms with Crippen LogP contribution in [-0.2, 0) is 14.4 Å². The Labute approximate surface area is 190 Å². The van der Waals surface area contributed by atoms with Crippen molar-refractivity contribution in [2.75, 3.05) is 23.1 Å². The van der Waals surface area contributed by atoms with Gasteiger partial charge in [0.15, 0.2) is 5.78 Å². The summed E-state index contributed by atoms with van der Waals surface area (Å²) in [7, 11) is 1.40. The summed E-state index contributed by atoms with van der Waals surface area (Å²) in [6.45, 7) is 17.0. The summed E-state index contributed by atoms with van der Waals surface area (Å²) in [6.07, 6.45) is 0. The molecule has 0 fully saturated rings. The maximum absolute atomic E-state index is 12.9. The van der Waals surface area contributed by atoms with Gasteiger partial charge in [-0.1, -0.05) is 62.3 Å². The number of nitrogens with one attached hydrogen (secondary N) is 3. The zero-order chi connectivity index (χ0) is 25.2. The second-order valence-electron chi connectivity index (χ2n) is 10.9. The van der Waals surface area contributed by atoms with E-state index in [2.05, 4.69) is 16.0 Å². The molecule has 0 bridgehead atoms. The van der Waals surface area contributed by atoms with Gasteiger partial charge in [0.25, 0.3) is 0 Å². The van der Waals surface area contributed by atoms with Crippen LogP contribution >= 0.6 is 0 Å². The molecule has 0 saturated carbocycles. The van der Waals surface area contributed by atoms with Crippen molar-refractivity contribution in [3.63, 3.8) is 0 Å². The largest absolute Gasteiger partial charge is 0.494 e. The molecule has 0 radical (unpaired) electrons. The minimum atomic E-state index is -0.782. The van der Waals surface area contributed by atoms with E-state index in [0.29, 0.717) is 0 Å². The molecule has 0 unspecified atom stereocenters. The summed E-state index contributed by atoms with van der Waals surface area (Å²) < 4.78 is 5.45. The number of carbonyl (C=O) groups excluding carboxylic acids is 4. The number of hydrogen-bond acceptors (Lipinski definition) is 5. The Hall–Kier alpha value is -2.90. The summed E-state index contributed by atoms with van der Waals surface area (Å²) in [6, 6.07) is 1.45. The van der Waals surface area contributed by atoms with Gasteiger partial charge in [-0.2, -0.15) is 0 Å². The van der Waals surface area contributed by atoms with Crippen LogP contribution < -0.4 is 20.7 Å². The zero-order valence-electron chi connectivity index (χ0n) is 21.1. The topological polar surface area (TPSA) is 114 Å². The summed E-state index contributed by atoms with van der Waals surface area (Å²) in [5.41, 5.74) is -1.77. The van der Waals surface area contributed by atoms with Gasteiger partial charge in [0, 0.05) is 21.8 Å². The van der Waals surface area contributed by atoms with Crippen molar-refractivity contribution in [2.24, 2.45) is 16.2 Å². The van der Waals surface area contributed by atoms with Crippen LogP contribution in [0.4, 0.5) is 17.1 Å². The van der Waals surface area contributed by atoms with E-state index < -0.39 is 16.2 Å². The predicted octanol–water partition coefficient (Wildman–Crippen LogP) is 4.85. The number of ketones is 1. The minimum absolute atomic E-state index is 0.102. The number of Topliss-reactive ketones (excluding diaryl/α,β-unsaturated/α-hetero) is 1. The number of amides is 3. The Balaban J connectivity index is 3.94. The fourth-order valence-corrected chi connectivity index (χ4v) is 2.38. The van der Waals surface area contributed by atoms with E-state index in [-0.39, 0.29) is 51.9 Å². The molecule has 0 aliphatic rings.